The lowest BCUT2D eigenvalue weighted by Crippen LogP contribution is -2.52. The number of rotatable bonds is 13. The Morgan fingerprint density at radius 1 is 1.21 bits per heavy atom. The summed E-state index contributed by atoms with van der Waals surface area (Å²) in [6.07, 6.45) is 4.68. The number of imidazole rings is 1. The van der Waals surface area contributed by atoms with Crippen molar-refractivity contribution in [2.24, 2.45) is 11.5 Å². The monoisotopic (exact) mass is 411 g/mol. The molecule has 12 heteroatoms. The van der Waals surface area contributed by atoms with Gasteiger partial charge in [0.1, 0.15) is 12.1 Å². The summed E-state index contributed by atoms with van der Waals surface area (Å²) in [7, 11) is 0. The van der Waals surface area contributed by atoms with Crippen LogP contribution >= 0.6 is 0 Å². The van der Waals surface area contributed by atoms with Crippen molar-refractivity contribution in [3.8, 4) is 0 Å². The molecule has 0 aliphatic rings. The number of carboxylic acid groups (broad SMARTS) is 1. The van der Waals surface area contributed by atoms with Gasteiger partial charge < -0.3 is 37.5 Å². The normalized spacial score (nSPS) is 13.8. The summed E-state index contributed by atoms with van der Waals surface area (Å²) in [5.74, 6) is -2.93. The van der Waals surface area contributed by atoms with Crippen LogP contribution in [0.1, 0.15) is 31.9 Å². The van der Waals surface area contributed by atoms with E-state index in [1.165, 1.54) is 13.3 Å². The van der Waals surface area contributed by atoms with Gasteiger partial charge >= 0.3 is 5.97 Å². The van der Waals surface area contributed by atoms with Gasteiger partial charge in [-0.2, -0.15) is 0 Å². The van der Waals surface area contributed by atoms with Gasteiger partial charge in [0.15, 0.2) is 0 Å². The second-order valence-electron chi connectivity index (χ2n) is 6.58. The van der Waals surface area contributed by atoms with Gasteiger partial charge in [0, 0.05) is 18.3 Å². The highest BCUT2D eigenvalue weighted by Crippen LogP contribution is 2.01. The van der Waals surface area contributed by atoms with Crippen LogP contribution in [0.15, 0.2) is 12.5 Å². The first kappa shape index (κ1) is 24.0. The average molecular weight is 411 g/mol. The van der Waals surface area contributed by atoms with E-state index >= 15 is 0 Å². The number of nitrogens with two attached hydrogens (primary N) is 2. The Labute approximate surface area is 168 Å². The van der Waals surface area contributed by atoms with Gasteiger partial charge in [-0.15, -0.1) is 0 Å². The molecule has 3 unspecified atom stereocenters. The molecule has 0 aliphatic heterocycles. The molecule has 0 fully saturated rings. The highest BCUT2D eigenvalue weighted by molar-refractivity contribution is 5.92. The molecule has 0 spiro atoms. The van der Waals surface area contributed by atoms with Crippen molar-refractivity contribution in [2.75, 3.05) is 13.1 Å². The lowest BCUT2D eigenvalue weighted by atomic mass is 10.1. The van der Waals surface area contributed by atoms with Crippen molar-refractivity contribution in [3.05, 3.63) is 18.2 Å². The third-order valence-electron chi connectivity index (χ3n) is 4.09. The van der Waals surface area contributed by atoms with Crippen LogP contribution in [0.5, 0.6) is 0 Å². The average Bonchev–Trinajstić information content (AvgIpc) is 3.17. The number of carbonyl (C=O) groups is 4. The predicted octanol–water partition coefficient (Wildman–Crippen LogP) is -2.40. The Hall–Kier alpha value is -2.99. The predicted molar refractivity (Wildman–Crippen MR) is 103 cm³/mol. The number of nitrogens with zero attached hydrogens (tertiary/aromatic N) is 1. The van der Waals surface area contributed by atoms with E-state index in [1.54, 1.807) is 6.20 Å². The summed E-state index contributed by atoms with van der Waals surface area (Å²) in [5, 5.41) is 16.3. The standard InChI is InChI=1S/C17H29N7O5/c1-10(15(26)24-13(17(28)29)4-2-3-5-18)23-14(25)8-21-16(27)12(19)6-11-7-20-9-22-11/h7,9-10,12-13H,2-6,8,18-19H2,1H3,(H,20,22)(H,21,27)(H,23,25)(H,24,26)(H,28,29). The fourth-order valence-corrected chi connectivity index (χ4v) is 2.43. The molecular weight excluding hydrogens is 382 g/mol. The summed E-state index contributed by atoms with van der Waals surface area (Å²) in [4.78, 5) is 53.9. The molecule has 0 aliphatic carbocycles. The van der Waals surface area contributed by atoms with Gasteiger partial charge in [-0.05, 0) is 32.7 Å². The topological polar surface area (TPSA) is 205 Å². The molecule has 1 aromatic rings. The van der Waals surface area contributed by atoms with E-state index < -0.39 is 41.8 Å². The van der Waals surface area contributed by atoms with E-state index in [2.05, 4.69) is 25.9 Å². The lowest BCUT2D eigenvalue weighted by molar-refractivity contribution is -0.142. The summed E-state index contributed by atoms with van der Waals surface area (Å²) < 4.78 is 0. The van der Waals surface area contributed by atoms with E-state index in [0.717, 1.165) is 0 Å². The van der Waals surface area contributed by atoms with Crippen LogP contribution in [-0.4, -0.2) is 70.0 Å². The molecule has 12 nitrogen and oxygen atoms in total. The molecule has 3 atom stereocenters. The minimum absolute atomic E-state index is 0.229. The first-order valence-electron chi connectivity index (χ1n) is 9.27. The van der Waals surface area contributed by atoms with Crippen LogP contribution in [0, 0.1) is 0 Å². The van der Waals surface area contributed by atoms with Gasteiger partial charge in [-0.3, -0.25) is 14.4 Å². The molecule has 0 aromatic carbocycles. The number of unbranched alkanes of at least 4 members (excludes halogenated alkanes) is 1. The molecule has 9 N–H and O–H groups in total. The van der Waals surface area contributed by atoms with Crippen LogP contribution in [0.25, 0.3) is 0 Å². The molecule has 0 saturated heterocycles. The van der Waals surface area contributed by atoms with Gasteiger partial charge in [0.25, 0.3) is 0 Å². The molecule has 1 aromatic heterocycles. The van der Waals surface area contributed by atoms with Crippen LogP contribution in [-0.2, 0) is 25.6 Å². The Morgan fingerprint density at radius 2 is 1.93 bits per heavy atom. The Morgan fingerprint density at radius 3 is 2.52 bits per heavy atom. The van der Waals surface area contributed by atoms with Gasteiger partial charge in [0.05, 0.1) is 18.9 Å². The van der Waals surface area contributed by atoms with Crippen LogP contribution < -0.4 is 27.4 Å². The summed E-state index contributed by atoms with van der Waals surface area (Å²) >= 11 is 0. The molecule has 1 heterocycles. The number of nitrogens with one attached hydrogen (secondary N) is 4. The van der Waals surface area contributed by atoms with Crippen molar-refractivity contribution in [1.82, 2.24) is 25.9 Å². The van der Waals surface area contributed by atoms with Crippen LogP contribution in [0.2, 0.25) is 0 Å². The summed E-state index contributed by atoms with van der Waals surface area (Å²) in [6.45, 7) is 1.48. The van der Waals surface area contributed by atoms with Crippen molar-refractivity contribution in [3.63, 3.8) is 0 Å². The fourth-order valence-electron chi connectivity index (χ4n) is 2.43. The lowest BCUT2D eigenvalue weighted by Gasteiger charge is -2.19. The molecule has 0 radical (unpaired) electrons. The second-order valence-corrected chi connectivity index (χ2v) is 6.58. The number of H-pyrrole nitrogens is 1. The van der Waals surface area contributed by atoms with E-state index in [0.29, 0.717) is 25.1 Å². The number of aromatic nitrogens is 2. The number of aliphatic carboxylic acids is 1. The van der Waals surface area contributed by atoms with Gasteiger partial charge in [-0.25, -0.2) is 9.78 Å². The maximum absolute atomic E-state index is 12.1. The molecule has 29 heavy (non-hydrogen) atoms. The number of amides is 3. The molecule has 0 saturated carbocycles. The molecule has 162 valence electrons. The number of aromatic amines is 1. The second kappa shape index (κ2) is 12.5. The molecule has 3 amide bonds. The van der Waals surface area contributed by atoms with Crippen molar-refractivity contribution < 1.29 is 24.3 Å². The van der Waals surface area contributed by atoms with E-state index in [4.69, 9.17) is 11.5 Å². The quantitative estimate of drug-likeness (QED) is 0.174. The smallest absolute Gasteiger partial charge is 0.326 e. The molecule has 1 rings (SSSR count). The van der Waals surface area contributed by atoms with E-state index in [1.807, 2.05) is 0 Å². The zero-order valence-corrected chi connectivity index (χ0v) is 16.3. The van der Waals surface area contributed by atoms with Crippen LogP contribution in [0.3, 0.4) is 0 Å². The van der Waals surface area contributed by atoms with Crippen molar-refractivity contribution >= 4 is 23.7 Å². The first-order chi connectivity index (χ1) is 13.7. The zero-order chi connectivity index (χ0) is 21.8. The SMILES string of the molecule is CC(NC(=O)CNC(=O)C(N)Cc1cnc[nH]1)C(=O)NC(CCCCN)C(=O)O. The fraction of sp³-hybridized carbons (Fsp3) is 0.588. The van der Waals surface area contributed by atoms with Gasteiger partial charge in [0.2, 0.25) is 17.7 Å². The Bertz CT molecular complexity index is 680. The first-order valence-corrected chi connectivity index (χ1v) is 9.27. The maximum Gasteiger partial charge on any atom is 0.326 e. The van der Waals surface area contributed by atoms with Crippen molar-refractivity contribution in [1.29, 1.82) is 0 Å². The van der Waals surface area contributed by atoms with Crippen molar-refractivity contribution in [2.45, 2.75) is 50.7 Å². The minimum Gasteiger partial charge on any atom is -0.480 e. The summed E-state index contributed by atoms with van der Waals surface area (Å²) in [5.41, 5.74) is 11.8. The summed E-state index contributed by atoms with van der Waals surface area (Å²) in [6, 6.07) is -2.91. The number of hydrogen-bond acceptors (Lipinski definition) is 7. The minimum atomic E-state index is -1.16. The largest absolute Gasteiger partial charge is 0.480 e. The Kier molecular flexibility index (Phi) is 10.3. The number of carbonyl (C=O) groups excluding carboxylic acids is 3. The van der Waals surface area contributed by atoms with Gasteiger partial charge in [-0.1, -0.05) is 0 Å². The van der Waals surface area contributed by atoms with E-state index in [9.17, 15) is 24.3 Å². The highest BCUT2D eigenvalue weighted by Gasteiger charge is 2.24. The zero-order valence-electron chi connectivity index (χ0n) is 16.3. The third kappa shape index (κ3) is 9.17. The van der Waals surface area contributed by atoms with E-state index in [-0.39, 0.29) is 19.4 Å². The highest BCUT2D eigenvalue weighted by atomic mass is 16.4. The third-order valence-corrected chi connectivity index (χ3v) is 4.09. The number of hydrogen-bond donors (Lipinski definition) is 7. The molecular formula is C17H29N7O5. The maximum atomic E-state index is 12.1. The number of carboxylic acids is 1. The Balaban J connectivity index is 2.38. The molecule has 0 bridgehead atoms. The van der Waals surface area contributed by atoms with Crippen LogP contribution in [0.4, 0.5) is 0 Å².